The van der Waals surface area contributed by atoms with Crippen LogP contribution in [0, 0.1) is 0 Å². The van der Waals surface area contributed by atoms with Gasteiger partial charge in [-0.15, -0.1) is 11.6 Å². The van der Waals surface area contributed by atoms with Gasteiger partial charge >= 0.3 is 0 Å². The Hall–Kier alpha value is 0.400. The molecular weight excluding hydrogens is 281 g/mol. The monoisotopic (exact) mass is 283 g/mol. The van der Waals surface area contributed by atoms with Gasteiger partial charge in [-0.3, -0.25) is 4.98 Å². The number of pyridine rings is 1. The van der Waals surface area contributed by atoms with Crippen LogP contribution in [0.25, 0.3) is 0 Å². The number of rotatable bonds is 1. The normalized spacial score (nSPS) is 9.90. The summed E-state index contributed by atoms with van der Waals surface area (Å²) in [6.07, 6.45) is 1.72. The van der Waals surface area contributed by atoms with Crippen molar-refractivity contribution >= 4 is 43.5 Å². The number of halogens is 3. The van der Waals surface area contributed by atoms with Crippen LogP contribution in [0.5, 0.6) is 0 Å². The van der Waals surface area contributed by atoms with Crippen molar-refractivity contribution in [1.82, 2.24) is 4.98 Å². The number of hydrogen-bond donors (Lipinski definition) is 0. The first-order chi connectivity index (χ1) is 4.74. The number of alkyl halides is 1. The van der Waals surface area contributed by atoms with Gasteiger partial charge in [0.15, 0.2) is 0 Å². The molecule has 1 rings (SSSR count). The Bertz CT molecular complexity index is 239. The summed E-state index contributed by atoms with van der Waals surface area (Å²) >= 11 is 12.2. The molecule has 0 saturated heterocycles. The van der Waals surface area contributed by atoms with Crippen LogP contribution in [0.15, 0.2) is 21.2 Å². The average molecular weight is 285 g/mol. The van der Waals surface area contributed by atoms with Crippen molar-refractivity contribution in [3.63, 3.8) is 0 Å². The van der Waals surface area contributed by atoms with E-state index in [1.807, 2.05) is 6.07 Å². The summed E-state index contributed by atoms with van der Waals surface area (Å²) in [5.41, 5.74) is 0.866. The minimum atomic E-state index is 0.438. The van der Waals surface area contributed by atoms with Crippen LogP contribution >= 0.6 is 43.5 Å². The van der Waals surface area contributed by atoms with Crippen molar-refractivity contribution in [3.05, 3.63) is 26.9 Å². The lowest BCUT2D eigenvalue weighted by molar-refractivity contribution is 1.14. The lowest BCUT2D eigenvalue weighted by Gasteiger charge is -1.97. The Labute approximate surface area is 81.1 Å². The Morgan fingerprint density at radius 1 is 1.50 bits per heavy atom. The van der Waals surface area contributed by atoms with E-state index in [-0.39, 0.29) is 0 Å². The molecule has 0 unspecified atom stereocenters. The largest absolute Gasteiger partial charge is 0.258 e. The molecule has 0 radical (unpaired) electrons. The molecule has 1 aromatic rings. The van der Waals surface area contributed by atoms with Crippen molar-refractivity contribution in [2.24, 2.45) is 0 Å². The lowest BCUT2D eigenvalue weighted by Crippen LogP contribution is -1.85. The summed E-state index contributed by atoms with van der Waals surface area (Å²) in [5, 5.41) is 0. The van der Waals surface area contributed by atoms with Crippen LogP contribution in [-0.2, 0) is 5.88 Å². The average Bonchev–Trinajstić information content (AvgIpc) is 1.88. The third kappa shape index (κ3) is 1.94. The van der Waals surface area contributed by atoms with Gasteiger partial charge in [0.2, 0.25) is 0 Å². The molecule has 4 heteroatoms. The standard InChI is InChI=1S/C6H4Br2ClN/c7-4-1-5(8)6(2-9)10-3-4/h1,3H,2H2. The van der Waals surface area contributed by atoms with Gasteiger partial charge in [-0.25, -0.2) is 0 Å². The highest BCUT2D eigenvalue weighted by molar-refractivity contribution is 9.11. The second kappa shape index (κ2) is 3.69. The number of hydrogen-bond acceptors (Lipinski definition) is 1. The van der Waals surface area contributed by atoms with Crippen LogP contribution in [0.2, 0.25) is 0 Å². The lowest BCUT2D eigenvalue weighted by atomic mass is 10.4. The summed E-state index contributed by atoms with van der Waals surface area (Å²) in [7, 11) is 0. The van der Waals surface area contributed by atoms with E-state index in [0.29, 0.717) is 5.88 Å². The topological polar surface area (TPSA) is 12.9 Å². The Kier molecular flexibility index (Phi) is 3.14. The quantitative estimate of drug-likeness (QED) is 0.721. The zero-order chi connectivity index (χ0) is 7.56. The van der Waals surface area contributed by atoms with Gasteiger partial charge in [0.05, 0.1) is 11.6 Å². The van der Waals surface area contributed by atoms with Crippen molar-refractivity contribution < 1.29 is 0 Å². The second-order valence-corrected chi connectivity index (χ2v) is 3.75. The van der Waals surface area contributed by atoms with Crippen LogP contribution in [0.1, 0.15) is 5.69 Å². The molecule has 0 aliphatic heterocycles. The maximum Gasteiger partial charge on any atom is 0.0693 e. The van der Waals surface area contributed by atoms with E-state index in [9.17, 15) is 0 Å². The Morgan fingerprint density at radius 3 is 2.70 bits per heavy atom. The molecule has 0 aliphatic carbocycles. The molecule has 0 aliphatic rings. The van der Waals surface area contributed by atoms with E-state index >= 15 is 0 Å². The molecule has 0 atom stereocenters. The van der Waals surface area contributed by atoms with Gasteiger partial charge in [-0.2, -0.15) is 0 Å². The van der Waals surface area contributed by atoms with E-state index in [0.717, 1.165) is 14.6 Å². The zero-order valence-electron chi connectivity index (χ0n) is 4.94. The van der Waals surface area contributed by atoms with Gasteiger partial charge < -0.3 is 0 Å². The van der Waals surface area contributed by atoms with Gasteiger partial charge in [0.1, 0.15) is 0 Å². The smallest absolute Gasteiger partial charge is 0.0693 e. The minimum Gasteiger partial charge on any atom is -0.258 e. The van der Waals surface area contributed by atoms with Gasteiger partial charge in [0, 0.05) is 15.1 Å². The summed E-state index contributed by atoms with van der Waals surface area (Å²) in [6, 6.07) is 1.92. The minimum absolute atomic E-state index is 0.438. The zero-order valence-corrected chi connectivity index (χ0v) is 8.87. The number of nitrogens with zero attached hydrogens (tertiary/aromatic N) is 1. The van der Waals surface area contributed by atoms with Crippen LogP contribution < -0.4 is 0 Å². The first-order valence-corrected chi connectivity index (χ1v) is 4.72. The molecule has 1 nitrogen and oxygen atoms in total. The fourth-order valence-corrected chi connectivity index (χ4v) is 2.04. The van der Waals surface area contributed by atoms with Crippen LogP contribution in [0.3, 0.4) is 0 Å². The van der Waals surface area contributed by atoms with Crippen molar-refractivity contribution in [1.29, 1.82) is 0 Å². The van der Waals surface area contributed by atoms with Gasteiger partial charge in [-0.05, 0) is 37.9 Å². The highest BCUT2D eigenvalue weighted by atomic mass is 79.9. The maximum absolute atomic E-state index is 5.58. The van der Waals surface area contributed by atoms with Crippen molar-refractivity contribution in [2.45, 2.75) is 5.88 Å². The molecule has 54 valence electrons. The fraction of sp³-hybridized carbons (Fsp3) is 0.167. The summed E-state index contributed by atoms with van der Waals surface area (Å²) in [5.74, 6) is 0.438. The van der Waals surface area contributed by atoms with E-state index < -0.39 is 0 Å². The summed E-state index contributed by atoms with van der Waals surface area (Å²) < 4.78 is 1.89. The Balaban J connectivity index is 3.07. The van der Waals surface area contributed by atoms with Crippen LogP contribution in [-0.4, -0.2) is 4.98 Å². The summed E-state index contributed by atoms with van der Waals surface area (Å²) in [6.45, 7) is 0. The first-order valence-electron chi connectivity index (χ1n) is 2.60. The van der Waals surface area contributed by atoms with E-state index in [2.05, 4.69) is 36.8 Å². The first kappa shape index (κ1) is 8.50. The van der Waals surface area contributed by atoms with Crippen molar-refractivity contribution in [2.75, 3.05) is 0 Å². The highest BCUT2D eigenvalue weighted by Crippen LogP contribution is 2.20. The fourth-order valence-electron chi connectivity index (χ4n) is 0.541. The van der Waals surface area contributed by atoms with E-state index in [1.165, 1.54) is 0 Å². The molecule has 1 heterocycles. The molecule has 0 spiro atoms. The third-order valence-corrected chi connectivity index (χ3v) is 2.38. The predicted octanol–water partition coefficient (Wildman–Crippen LogP) is 3.35. The van der Waals surface area contributed by atoms with E-state index in [1.54, 1.807) is 6.20 Å². The second-order valence-electron chi connectivity index (χ2n) is 1.72. The molecular formula is C6H4Br2ClN. The van der Waals surface area contributed by atoms with Crippen LogP contribution in [0.4, 0.5) is 0 Å². The molecule has 0 aromatic carbocycles. The Morgan fingerprint density at radius 2 is 2.20 bits per heavy atom. The summed E-state index contributed by atoms with van der Waals surface area (Å²) in [4.78, 5) is 4.07. The molecule has 0 fully saturated rings. The van der Waals surface area contributed by atoms with E-state index in [4.69, 9.17) is 11.6 Å². The highest BCUT2D eigenvalue weighted by Gasteiger charge is 1.98. The third-order valence-electron chi connectivity index (χ3n) is 1.01. The van der Waals surface area contributed by atoms with Gasteiger partial charge in [0.25, 0.3) is 0 Å². The molecule has 10 heavy (non-hydrogen) atoms. The molecule has 0 N–H and O–H groups in total. The maximum atomic E-state index is 5.58. The van der Waals surface area contributed by atoms with Crippen molar-refractivity contribution in [3.8, 4) is 0 Å². The molecule has 0 bridgehead atoms. The molecule has 0 saturated carbocycles. The molecule has 1 aromatic heterocycles. The molecule has 0 amide bonds. The SMILES string of the molecule is ClCc1ncc(Br)cc1Br. The number of aromatic nitrogens is 1. The predicted molar refractivity (Wildman–Crippen MR) is 49.2 cm³/mol. The van der Waals surface area contributed by atoms with Gasteiger partial charge in [-0.1, -0.05) is 0 Å².